The number of carbonyl (C=O) groups excluding carboxylic acids is 1. The van der Waals surface area contributed by atoms with Crippen molar-refractivity contribution < 1.29 is 26.7 Å². The molecule has 0 saturated carbocycles. The third-order valence-corrected chi connectivity index (χ3v) is 6.74. The number of amides is 1. The highest BCUT2D eigenvalue weighted by atomic mass is 32.2. The molecule has 0 atom stereocenters. The Labute approximate surface area is 167 Å². The first-order valence-corrected chi connectivity index (χ1v) is 10.5. The Morgan fingerprint density at radius 3 is 2.59 bits per heavy atom. The van der Waals surface area contributed by atoms with Crippen LogP contribution in [0.3, 0.4) is 0 Å². The molecular formula is C19H21F2N3O4S. The lowest BCUT2D eigenvalue weighted by Crippen LogP contribution is -2.41. The summed E-state index contributed by atoms with van der Waals surface area (Å²) in [5, 5.41) is 2.74. The van der Waals surface area contributed by atoms with Gasteiger partial charge in [-0.1, -0.05) is 6.07 Å². The van der Waals surface area contributed by atoms with E-state index in [9.17, 15) is 22.0 Å². The average Bonchev–Trinajstić information content (AvgIpc) is 2.71. The summed E-state index contributed by atoms with van der Waals surface area (Å²) in [5.41, 5.74) is 0.788. The molecule has 29 heavy (non-hydrogen) atoms. The molecule has 1 fully saturated rings. The fourth-order valence-corrected chi connectivity index (χ4v) is 4.65. The van der Waals surface area contributed by atoms with E-state index in [4.69, 9.17) is 0 Å². The number of halogens is 2. The van der Waals surface area contributed by atoms with E-state index in [1.54, 1.807) is 19.1 Å². The van der Waals surface area contributed by atoms with E-state index in [0.717, 1.165) is 0 Å². The number of hydrogen-bond acceptors (Lipinski definition) is 5. The molecule has 0 bridgehead atoms. The van der Waals surface area contributed by atoms with Crippen molar-refractivity contribution in [1.29, 1.82) is 0 Å². The van der Waals surface area contributed by atoms with Crippen LogP contribution in [0.25, 0.3) is 0 Å². The predicted octanol–water partition coefficient (Wildman–Crippen LogP) is 3.03. The van der Waals surface area contributed by atoms with Gasteiger partial charge in [0.15, 0.2) is 0 Å². The maximum atomic E-state index is 12.6. The number of aromatic nitrogens is 1. The van der Waals surface area contributed by atoms with Gasteiger partial charge in [-0.25, -0.2) is 8.42 Å². The van der Waals surface area contributed by atoms with Crippen molar-refractivity contribution in [3.05, 3.63) is 48.3 Å². The molecule has 1 aromatic carbocycles. The summed E-state index contributed by atoms with van der Waals surface area (Å²) in [6, 6.07) is 7.57. The summed E-state index contributed by atoms with van der Waals surface area (Å²) >= 11 is 0. The SMILES string of the molecule is Cc1c(NC(=O)C2CCN(S(=O)(=O)c3cccnc3)CC2)cccc1OC(F)F. The van der Waals surface area contributed by atoms with E-state index in [2.05, 4.69) is 15.0 Å². The Bertz CT molecular complexity index is 963. The Morgan fingerprint density at radius 2 is 1.97 bits per heavy atom. The highest BCUT2D eigenvalue weighted by Crippen LogP contribution is 2.29. The van der Waals surface area contributed by atoms with Crippen molar-refractivity contribution in [2.45, 2.75) is 31.3 Å². The first-order chi connectivity index (χ1) is 13.8. The zero-order chi connectivity index (χ0) is 21.0. The lowest BCUT2D eigenvalue weighted by atomic mass is 9.97. The Hall–Kier alpha value is -2.59. The number of ether oxygens (including phenoxy) is 1. The minimum Gasteiger partial charge on any atom is -0.434 e. The summed E-state index contributed by atoms with van der Waals surface area (Å²) in [5.74, 6) is -0.662. The first kappa shape index (κ1) is 21.1. The number of rotatable bonds is 6. The fraction of sp³-hybridized carbons (Fsp3) is 0.368. The third kappa shape index (κ3) is 4.88. The van der Waals surface area contributed by atoms with Crippen LogP contribution in [0, 0.1) is 12.8 Å². The number of alkyl halides is 2. The number of nitrogens with zero attached hydrogens (tertiary/aromatic N) is 2. The molecule has 156 valence electrons. The van der Waals surface area contributed by atoms with Gasteiger partial charge in [-0.2, -0.15) is 13.1 Å². The molecule has 2 aromatic rings. The summed E-state index contributed by atoms with van der Waals surface area (Å²) in [7, 11) is -3.64. The Balaban J connectivity index is 1.62. The van der Waals surface area contributed by atoms with Crippen molar-refractivity contribution in [3.8, 4) is 5.75 Å². The molecule has 1 aromatic heterocycles. The van der Waals surface area contributed by atoms with E-state index >= 15 is 0 Å². The summed E-state index contributed by atoms with van der Waals surface area (Å²) < 4.78 is 56.0. The molecule has 0 spiro atoms. The zero-order valence-corrected chi connectivity index (χ0v) is 16.5. The number of nitrogens with one attached hydrogen (secondary N) is 1. The van der Waals surface area contributed by atoms with Crippen molar-refractivity contribution in [2.24, 2.45) is 5.92 Å². The highest BCUT2D eigenvalue weighted by molar-refractivity contribution is 7.89. The molecule has 7 nitrogen and oxygen atoms in total. The molecule has 0 aliphatic carbocycles. The van der Waals surface area contributed by atoms with Crippen LogP contribution in [0.2, 0.25) is 0 Å². The van der Waals surface area contributed by atoms with Crippen LogP contribution in [0.15, 0.2) is 47.6 Å². The van der Waals surface area contributed by atoms with Crippen molar-refractivity contribution in [1.82, 2.24) is 9.29 Å². The van der Waals surface area contributed by atoms with Gasteiger partial charge in [-0.05, 0) is 44.0 Å². The molecule has 1 aliphatic heterocycles. The molecule has 1 N–H and O–H groups in total. The molecule has 10 heteroatoms. The molecule has 0 radical (unpaired) electrons. The Morgan fingerprint density at radius 1 is 1.24 bits per heavy atom. The molecule has 3 rings (SSSR count). The van der Waals surface area contributed by atoms with E-state index in [0.29, 0.717) is 24.1 Å². The standard InChI is InChI=1S/C19H21F2N3O4S/c1-13-16(5-2-6-17(13)28-19(20)21)23-18(25)14-7-10-24(11-8-14)29(26,27)15-4-3-9-22-12-15/h2-6,9,12,14,19H,7-8,10-11H2,1H3,(H,23,25). The van der Waals surface area contributed by atoms with Gasteiger partial charge in [0.25, 0.3) is 0 Å². The average molecular weight is 425 g/mol. The largest absolute Gasteiger partial charge is 0.434 e. The second-order valence-electron chi connectivity index (χ2n) is 6.66. The lowest BCUT2D eigenvalue weighted by molar-refractivity contribution is -0.120. The molecule has 1 amide bonds. The second kappa shape index (κ2) is 8.83. The first-order valence-electron chi connectivity index (χ1n) is 9.04. The van der Waals surface area contributed by atoms with E-state index in [1.807, 2.05) is 0 Å². The van der Waals surface area contributed by atoms with Crippen LogP contribution in [-0.2, 0) is 14.8 Å². The summed E-state index contributed by atoms with van der Waals surface area (Å²) in [6.07, 6.45) is 3.51. The van der Waals surface area contributed by atoms with Gasteiger partial charge in [-0.15, -0.1) is 0 Å². The number of anilines is 1. The summed E-state index contributed by atoms with van der Waals surface area (Å²) in [6.45, 7) is -0.951. The van der Waals surface area contributed by atoms with E-state index in [1.165, 1.54) is 34.9 Å². The molecule has 1 aliphatic rings. The van der Waals surface area contributed by atoms with Gasteiger partial charge in [-0.3, -0.25) is 9.78 Å². The number of hydrogen-bond donors (Lipinski definition) is 1. The van der Waals surface area contributed by atoms with Crippen LogP contribution < -0.4 is 10.1 Å². The number of sulfonamides is 1. The molecule has 2 heterocycles. The topological polar surface area (TPSA) is 88.6 Å². The van der Waals surface area contributed by atoms with Gasteiger partial charge in [0, 0.05) is 42.7 Å². The number of carbonyl (C=O) groups is 1. The van der Waals surface area contributed by atoms with Crippen LogP contribution >= 0.6 is 0 Å². The number of piperidine rings is 1. The van der Waals surface area contributed by atoms with Gasteiger partial charge in [0.1, 0.15) is 10.6 Å². The van der Waals surface area contributed by atoms with Crippen molar-refractivity contribution >= 4 is 21.6 Å². The lowest BCUT2D eigenvalue weighted by Gasteiger charge is -2.30. The maximum absolute atomic E-state index is 12.6. The molecule has 0 unspecified atom stereocenters. The number of pyridine rings is 1. The van der Waals surface area contributed by atoms with Crippen LogP contribution in [0.1, 0.15) is 18.4 Å². The minimum atomic E-state index is -3.64. The summed E-state index contributed by atoms with van der Waals surface area (Å²) in [4.78, 5) is 16.6. The van der Waals surface area contributed by atoms with E-state index < -0.39 is 16.6 Å². The predicted molar refractivity (Wildman–Crippen MR) is 102 cm³/mol. The minimum absolute atomic E-state index is 0.00446. The second-order valence-corrected chi connectivity index (χ2v) is 8.60. The van der Waals surface area contributed by atoms with Gasteiger partial charge in [0.05, 0.1) is 0 Å². The Kier molecular flexibility index (Phi) is 6.43. The smallest absolute Gasteiger partial charge is 0.387 e. The molecular weight excluding hydrogens is 404 g/mol. The monoisotopic (exact) mass is 425 g/mol. The number of benzene rings is 1. The van der Waals surface area contributed by atoms with Crippen molar-refractivity contribution in [3.63, 3.8) is 0 Å². The van der Waals surface area contributed by atoms with Gasteiger partial charge < -0.3 is 10.1 Å². The van der Waals surface area contributed by atoms with E-state index in [-0.39, 0.29) is 35.6 Å². The van der Waals surface area contributed by atoms with Crippen LogP contribution in [0.5, 0.6) is 5.75 Å². The normalized spacial score (nSPS) is 16.0. The highest BCUT2D eigenvalue weighted by Gasteiger charge is 2.32. The van der Waals surface area contributed by atoms with Gasteiger partial charge in [0.2, 0.25) is 15.9 Å². The molecule has 1 saturated heterocycles. The van der Waals surface area contributed by atoms with Crippen LogP contribution in [0.4, 0.5) is 14.5 Å². The van der Waals surface area contributed by atoms with Gasteiger partial charge >= 0.3 is 6.61 Å². The van der Waals surface area contributed by atoms with Crippen LogP contribution in [-0.4, -0.2) is 43.3 Å². The fourth-order valence-electron chi connectivity index (χ4n) is 3.22. The van der Waals surface area contributed by atoms with Crippen molar-refractivity contribution in [2.75, 3.05) is 18.4 Å². The quantitative estimate of drug-likeness (QED) is 0.769. The zero-order valence-electron chi connectivity index (χ0n) is 15.7. The third-order valence-electron chi connectivity index (χ3n) is 4.85. The maximum Gasteiger partial charge on any atom is 0.387 e.